The van der Waals surface area contributed by atoms with Crippen LogP contribution in [0.5, 0.6) is 0 Å². The first-order chi connectivity index (χ1) is 9.08. The SMILES string of the molecule is CCOC(=O)C(C)n1c(CCl)nc2cc(C)ccc21. The molecule has 1 atom stereocenters. The second kappa shape index (κ2) is 5.61. The molecule has 2 aromatic rings. The Morgan fingerprint density at radius 2 is 2.26 bits per heavy atom. The zero-order valence-corrected chi connectivity index (χ0v) is 12.1. The van der Waals surface area contributed by atoms with Gasteiger partial charge in [-0.1, -0.05) is 6.07 Å². The average Bonchev–Trinajstić information content (AvgIpc) is 2.75. The Kier molecular flexibility index (Phi) is 4.10. The quantitative estimate of drug-likeness (QED) is 0.638. The van der Waals surface area contributed by atoms with Gasteiger partial charge in [-0.15, -0.1) is 11.6 Å². The average molecular weight is 281 g/mol. The van der Waals surface area contributed by atoms with Crippen LogP contribution < -0.4 is 0 Å². The number of hydrogen-bond donors (Lipinski definition) is 0. The molecule has 1 unspecified atom stereocenters. The highest BCUT2D eigenvalue weighted by Crippen LogP contribution is 2.24. The summed E-state index contributed by atoms with van der Waals surface area (Å²) in [6, 6.07) is 5.51. The second-order valence-electron chi connectivity index (χ2n) is 4.45. The van der Waals surface area contributed by atoms with Crippen molar-refractivity contribution in [2.24, 2.45) is 0 Å². The number of benzene rings is 1. The van der Waals surface area contributed by atoms with Crippen LogP contribution in [0.3, 0.4) is 0 Å². The molecule has 0 N–H and O–H groups in total. The molecule has 2 rings (SSSR count). The third-order valence-corrected chi connectivity index (χ3v) is 3.29. The molecule has 1 heterocycles. The lowest BCUT2D eigenvalue weighted by Crippen LogP contribution is -2.20. The van der Waals surface area contributed by atoms with E-state index in [2.05, 4.69) is 4.98 Å². The summed E-state index contributed by atoms with van der Waals surface area (Å²) in [5, 5.41) is 0. The fourth-order valence-electron chi connectivity index (χ4n) is 2.15. The Morgan fingerprint density at radius 1 is 1.53 bits per heavy atom. The predicted molar refractivity (Wildman–Crippen MR) is 75.4 cm³/mol. The smallest absolute Gasteiger partial charge is 0.328 e. The van der Waals surface area contributed by atoms with E-state index in [0.717, 1.165) is 16.6 Å². The van der Waals surface area contributed by atoms with Gasteiger partial charge in [0.25, 0.3) is 0 Å². The van der Waals surface area contributed by atoms with Crippen LogP contribution in [0.15, 0.2) is 18.2 Å². The molecule has 0 aliphatic rings. The van der Waals surface area contributed by atoms with Gasteiger partial charge in [0.15, 0.2) is 0 Å². The molecule has 0 fully saturated rings. The van der Waals surface area contributed by atoms with Crippen LogP contribution in [0.4, 0.5) is 0 Å². The summed E-state index contributed by atoms with van der Waals surface area (Å²) in [5.74, 6) is 0.675. The molecular formula is C14H17ClN2O2. The van der Waals surface area contributed by atoms with Crippen LogP contribution in [0.2, 0.25) is 0 Å². The van der Waals surface area contributed by atoms with Crippen molar-refractivity contribution in [1.29, 1.82) is 0 Å². The summed E-state index contributed by atoms with van der Waals surface area (Å²) in [7, 11) is 0. The molecule has 5 heteroatoms. The van der Waals surface area contributed by atoms with Crippen molar-refractivity contribution in [3.63, 3.8) is 0 Å². The van der Waals surface area contributed by atoms with E-state index >= 15 is 0 Å². The third-order valence-electron chi connectivity index (χ3n) is 3.05. The summed E-state index contributed by atoms with van der Waals surface area (Å²) in [5.41, 5.74) is 2.88. The maximum atomic E-state index is 11.9. The van der Waals surface area contributed by atoms with Gasteiger partial charge in [0, 0.05) is 0 Å². The minimum atomic E-state index is -0.429. The fraction of sp³-hybridized carbons (Fsp3) is 0.429. The Balaban J connectivity index is 2.54. The molecule has 102 valence electrons. The lowest BCUT2D eigenvalue weighted by Gasteiger charge is -2.15. The number of ether oxygens (including phenoxy) is 1. The lowest BCUT2D eigenvalue weighted by atomic mass is 10.2. The molecule has 1 aromatic heterocycles. The lowest BCUT2D eigenvalue weighted by molar-refractivity contribution is -0.146. The highest BCUT2D eigenvalue weighted by atomic mass is 35.5. The third kappa shape index (κ3) is 2.59. The van der Waals surface area contributed by atoms with Crippen molar-refractivity contribution in [3.8, 4) is 0 Å². The van der Waals surface area contributed by atoms with Gasteiger partial charge in [-0.2, -0.15) is 0 Å². The maximum Gasteiger partial charge on any atom is 0.328 e. The molecule has 0 aliphatic heterocycles. The largest absolute Gasteiger partial charge is 0.464 e. The predicted octanol–water partition coefficient (Wildman–Crippen LogP) is 3.21. The van der Waals surface area contributed by atoms with Crippen molar-refractivity contribution in [3.05, 3.63) is 29.6 Å². The number of rotatable bonds is 4. The molecule has 19 heavy (non-hydrogen) atoms. The van der Waals surface area contributed by atoms with E-state index in [1.165, 1.54) is 0 Å². The number of carbonyl (C=O) groups excluding carboxylic acids is 1. The Labute approximate surface area is 117 Å². The van der Waals surface area contributed by atoms with Gasteiger partial charge in [0.05, 0.1) is 23.5 Å². The van der Waals surface area contributed by atoms with Gasteiger partial charge < -0.3 is 9.30 Å². The summed E-state index contributed by atoms with van der Waals surface area (Å²) in [6.07, 6.45) is 0. The normalized spacial score (nSPS) is 12.6. The zero-order valence-electron chi connectivity index (χ0n) is 11.3. The molecule has 0 radical (unpaired) electrons. The maximum absolute atomic E-state index is 11.9. The van der Waals surface area contributed by atoms with Gasteiger partial charge in [-0.3, -0.25) is 0 Å². The van der Waals surface area contributed by atoms with E-state index in [1.807, 2.05) is 29.7 Å². The topological polar surface area (TPSA) is 44.1 Å². The fourth-order valence-corrected chi connectivity index (χ4v) is 2.34. The number of alkyl halides is 1. The summed E-state index contributed by atoms with van der Waals surface area (Å²) < 4.78 is 6.92. The summed E-state index contributed by atoms with van der Waals surface area (Å²) >= 11 is 5.93. The number of esters is 1. The molecule has 0 amide bonds. The van der Waals surface area contributed by atoms with E-state index in [4.69, 9.17) is 16.3 Å². The number of fused-ring (bicyclic) bond motifs is 1. The minimum absolute atomic E-state index is 0.261. The molecule has 4 nitrogen and oxygen atoms in total. The Hall–Kier alpha value is -1.55. The first-order valence-electron chi connectivity index (χ1n) is 6.28. The Morgan fingerprint density at radius 3 is 2.89 bits per heavy atom. The van der Waals surface area contributed by atoms with Crippen LogP contribution >= 0.6 is 11.6 Å². The van der Waals surface area contributed by atoms with E-state index in [9.17, 15) is 4.79 Å². The number of halogens is 1. The number of nitrogens with zero attached hydrogens (tertiary/aromatic N) is 2. The van der Waals surface area contributed by atoms with E-state index in [0.29, 0.717) is 12.4 Å². The van der Waals surface area contributed by atoms with Crippen molar-refractivity contribution in [2.75, 3.05) is 6.61 Å². The second-order valence-corrected chi connectivity index (χ2v) is 4.72. The van der Waals surface area contributed by atoms with Gasteiger partial charge >= 0.3 is 5.97 Å². The van der Waals surface area contributed by atoms with E-state index < -0.39 is 6.04 Å². The number of carbonyl (C=O) groups is 1. The van der Waals surface area contributed by atoms with Gasteiger partial charge in [-0.05, 0) is 38.5 Å². The van der Waals surface area contributed by atoms with Crippen molar-refractivity contribution in [1.82, 2.24) is 9.55 Å². The van der Waals surface area contributed by atoms with Crippen molar-refractivity contribution in [2.45, 2.75) is 32.7 Å². The highest BCUT2D eigenvalue weighted by molar-refractivity contribution is 6.16. The number of aryl methyl sites for hydroxylation is 1. The molecule has 1 aromatic carbocycles. The van der Waals surface area contributed by atoms with Crippen LogP contribution in [-0.4, -0.2) is 22.1 Å². The zero-order chi connectivity index (χ0) is 14.0. The van der Waals surface area contributed by atoms with E-state index in [1.54, 1.807) is 13.8 Å². The highest BCUT2D eigenvalue weighted by Gasteiger charge is 2.22. The molecule has 0 bridgehead atoms. The molecule has 0 saturated carbocycles. The van der Waals surface area contributed by atoms with Gasteiger partial charge in [-0.25, -0.2) is 9.78 Å². The van der Waals surface area contributed by atoms with Crippen molar-refractivity contribution >= 4 is 28.6 Å². The van der Waals surface area contributed by atoms with Crippen molar-refractivity contribution < 1.29 is 9.53 Å². The molecule has 0 spiro atoms. The number of aromatic nitrogens is 2. The van der Waals surface area contributed by atoms with E-state index in [-0.39, 0.29) is 11.8 Å². The van der Waals surface area contributed by atoms with Crippen LogP contribution in [0, 0.1) is 6.92 Å². The molecule has 0 saturated heterocycles. The standard InChI is InChI=1S/C14H17ClN2O2/c1-4-19-14(18)10(3)17-12-6-5-9(2)7-11(12)16-13(17)8-15/h5-7,10H,4,8H2,1-3H3. The molecular weight excluding hydrogens is 264 g/mol. The summed E-state index contributed by atoms with van der Waals surface area (Å²) in [4.78, 5) is 16.4. The molecule has 0 aliphatic carbocycles. The first-order valence-corrected chi connectivity index (χ1v) is 6.82. The van der Waals surface area contributed by atoms with Crippen LogP contribution in [-0.2, 0) is 15.4 Å². The number of hydrogen-bond acceptors (Lipinski definition) is 3. The van der Waals surface area contributed by atoms with Crippen LogP contribution in [0.25, 0.3) is 11.0 Å². The number of imidazole rings is 1. The van der Waals surface area contributed by atoms with Crippen LogP contribution in [0.1, 0.15) is 31.3 Å². The Bertz CT molecular complexity index is 607. The first kappa shape index (κ1) is 13.9. The van der Waals surface area contributed by atoms with Gasteiger partial charge in [0.1, 0.15) is 11.9 Å². The van der Waals surface area contributed by atoms with Gasteiger partial charge in [0.2, 0.25) is 0 Å². The minimum Gasteiger partial charge on any atom is -0.464 e. The summed E-state index contributed by atoms with van der Waals surface area (Å²) in [6.45, 7) is 5.97. The monoisotopic (exact) mass is 280 g/mol.